The number of benzene rings is 1. The minimum Gasteiger partial charge on any atom is -0.378 e. The van der Waals surface area contributed by atoms with Crippen molar-refractivity contribution < 1.29 is 14.5 Å². The summed E-state index contributed by atoms with van der Waals surface area (Å²) < 4.78 is 5.97. The van der Waals surface area contributed by atoms with Gasteiger partial charge in [-0.2, -0.15) is 0 Å². The highest BCUT2D eigenvalue weighted by atomic mass is 35.5. The van der Waals surface area contributed by atoms with Crippen LogP contribution in [0.2, 0.25) is 5.02 Å². The molecule has 3 rings (SSSR count). The lowest BCUT2D eigenvalue weighted by molar-refractivity contribution is -0.384. The van der Waals surface area contributed by atoms with Crippen LogP contribution in [-0.4, -0.2) is 53.1 Å². The highest BCUT2D eigenvalue weighted by Crippen LogP contribution is 2.30. The average molecular weight is 416 g/mol. The molecule has 2 aromatic rings. The van der Waals surface area contributed by atoms with E-state index in [0.717, 1.165) is 18.2 Å². The number of nitrogens with zero attached hydrogens (tertiary/aromatic N) is 4. The molecule has 12 heteroatoms. The van der Waals surface area contributed by atoms with Crippen molar-refractivity contribution in [3.8, 4) is 0 Å². The lowest BCUT2D eigenvalue weighted by atomic mass is 10.3. The first-order valence-electron chi connectivity index (χ1n) is 7.56. The third-order valence-electron chi connectivity index (χ3n) is 3.44. The van der Waals surface area contributed by atoms with Gasteiger partial charge < -0.3 is 15.0 Å². The SMILES string of the molecule is O=C(CSc1nnc(N2CCOCC2)s1)Nc1cc([N+](=O)[O-])ccc1Cl. The van der Waals surface area contributed by atoms with Gasteiger partial charge in [-0.15, -0.1) is 10.2 Å². The van der Waals surface area contributed by atoms with Crippen LogP contribution in [0, 0.1) is 10.1 Å². The van der Waals surface area contributed by atoms with Crippen LogP contribution in [-0.2, 0) is 9.53 Å². The highest BCUT2D eigenvalue weighted by Gasteiger charge is 2.17. The molecule has 138 valence electrons. The summed E-state index contributed by atoms with van der Waals surface area (Å²) in [5.41, 5.74) is 0.0642. The molecule has 0 bridgehead atoms. The number of ether oxygens (including phenoxy) is 1. The first-order valence-corrected chi connectivity index (χ1v) is 9.74. The van der Waals surface area contributed by atoms with Crippen LogP contribution in [0.4, 0.5) is 16.5 Å². The standard InChI is InChI=1S/C14H14ClN5O4S2/c15-10-2-1-9(20(22)23)7-11(10)16-12(21)8-25-14-18-17-13(26-14)19-3-5-24-6-4-19/h1-2,7H,3-6,8H2,(H,16,21). The zero-order chi connectivity index (χ0) is 18.5. The van der Waals surface area contributed by atoms with Crippen molar-refractivity contribution in [1.29, 1.82) is 0 Å². The lowest BCUT2D eigenvalue weighted by Gasteiger charge is -2.25. The van der Waals surface area contributed by atoms with E-state index in [9.17, 15) is 14.9 Å². The second-order valence-electron chi connectivity index (χ2n) is 5.21. The molecule has 0 atom stereocenters. The van der Waals surface area contributed by atoms with Gasteiger partial charge in [0, 0.05) is 25.2 Å². The Balaban J connectivity index is 1.55. The topological polar surface area (TPSA) is 110 Å². The molecule has 1 aromatic carbocycles. The van der Waals surface area contributed by atoms with Gasteiger partial charge in [0.05, 0.1) is 34.6 Å². The summed E-state index contributed by atoms with van der Waals surface area (Å²) in [6, 6.07) is 3.88. The molecule has 0 spiro atoms. The highest BCUT2D eigenvalue weighted by molar-refractivity contribution is 8.01. The second-order valence-corrected chi connectivity index (χ2v) is 7.79. The molecule has 1 fully saturated rings. The predicted molar refractivity (Wildman–Crippen MR) is 100 cm³/mol. The monoisotopic (exact) mass is 415 g/mol. The van der Waals surface area contributed by atoms with E-state index in [-0.39, 0.29) is 28.1 Å². The van der Waals surface area contributed by atoms with Crippen molar-refractivity contribution in [3.05, 3.63) is 33.3 Å². The van der Waals surface area contributed by atoms with Crippen molar-refractivity contribution in [2.24, 2.45) is 0 Å². The van der Waals surface area contributed by atoms with Crippen LogP contribution < -0.4 is 10.2 Å². The summed E-state index contributed by atoms with van der Waals surface area (Å²) in [6.07, 6.45) is 0. The summed E-state index contributed by atoms with van der Waals surface area (Å²) in [4.78, 5) is 24.5. The molecule has 0 aliphatic carbocycles. The van der Waals surface area contributed by atoms with E-state index in [1.54, 1.807) is 0 Å². The summed E-state index contributed by atoms with van der Waals surface area (Å²) in [7, 11) is 0. The quantitative estimate of drug-likeness (QED) is 0.435. The number of carbonyl (C=O) groups excluding carboxylic acids is 1. The number of nitrogens with one attached hydrogen (secondary N) is 1. The van der Waals surface area contributed by atoms with Gasteiger partial charge in [-0.05, 0) is 6.07 Å². The minimum atomic E-state index is -0.546. The summed E-state index contributed by atoms with van der Waals surface area (Å²) in [6.45, 7) is 2.86. The second kappa shape index (κ2) is 8.62. The number of thioether (sulfide) groups is 1. The van der Waals surface area contributed by atoms with Crippen LogP contribution >= 0.6 is 34.7 Å². The largest absolute Gasteiger partial charge is 0.378 e. The molecule has 1 saturated heterocycles. The van der Waals surface area contributed by atoms with E-state index in [2.05, 4.69) is 20.4 Å². The molecule has 1 aliphatic rings. The molecular formula is C14H14ClN5O4S2. The number of morpholine rings is 1. The fraction of sp³-hybridized carbons (Fsp3) is 0.357. The Bertz CT molecular complexity index is 812. The van der Waals surface area contributed by atoms with Crippen LogP contribution in [0.15, 0.2) is 22.5 Å². The number of carbonyl (C=O) groups is 1. The number of hydrogen-bond acceptors (Lipinski definition) is 9. The molecule has 0 unspecified atom stereocenters. The summed E-state index contributed by atoms with van der Waals surface area (Å²) in [5.74, 6) is -0.239. The Morgan fingerprint density at radius 3 is 2.92 bits per heavy atom. The first-order chi connectivity index (χ1) is 12.5. The van der Waals surface area contributed by atoms with Crippen molar-refractivity contribution in [2.75, 3.05) is 42.3 Å². The fourth-order valence-corrected chi connectivity index (χ4v) is 4.04. The van der Waals surface area contributed by atoms with Crippen LogP contribution in [0.25, 0.3) is 0 Å². The Morgan fingerprint density at radius 2 is 2.19 bits per heavy atom. The number of rotatable bonds is 6. The Kier molecular flexibility index (Phi) is 6.25. The van der Waals surface area contributed by atoms with Crippen LogP contribution in [0.1, 0.15) is 0 Å². The number of amides is 1. The first kappa shape index (κ1) is 18.8. The maximum absolute atomic E-state index is 12.1. The van der Waals surface area contributed by atoms with Gasteiger partial charge in [0.2, 0.25) is 11.0 Å². The Hall–Kier alpha value is -1.95. The van der Waals surface area contributed by atoms with Crippen molar-refractivity contribution in [3.63, 3.8) is 0 Å². The van der Waals surface area contributed by atoms with E-state index in [1.807, 2.05) is 0 Å². The van der Waals surface area contributed by atoms with Gasteiger partial charge in [-0.25, -0.2) is 0 Å². The molecule has 1 N–H and O–H groups in total. The lowest BCUT2D eigenvalue weighted by Crippen LogP contribution is -2.36. The Morgan fingerprint density at radius 1 is 1.42 bits per heavy atom. The summed E-state index contributed by atoms with van der Waals surface area (Å²) >= 11 is 8.63. The third-order valence-corrected chi connectivity index (χ3v) is 5.89. The molecule has 1 amide bonds. The van der Waals surface area contributed by atoms with E-state index >= 15 is 0 Å². The van der Waals surface area contributed by atoms with Crippen molar-refractivity contribution in [2.45, 2.75) is 4.34 Å². The van der Waals surface area contributed by atoms with E-state index in [0.29, 0.717) is 17.6 Å². The predicted octanol–water partition coefficient (Wildman–Crippen LogP) is 2.67. The number of nitro groups is 1. The maximum atomic E-state index is 12.1. The summed E-state index contributed by atoms with van der Waals surface area (Å²) in [5, 5.41) is 22.6. The van der Waals surface area contributed by atoms with Crippen molar-refractivity contribution >= 4 is 57.1 Å². The van der Waals surface area contributed by atoms with Gasteiger partial charge in [-0.3, -0.25) is 14.9 Å². The molecule has 9 nitrogen and oxygen atoms in total. The minimum absolute atomic E-state index is 0.0940. The van der Waals surface area contributed by atoms with Gasteiger partial charge in [0.1, 0.15) is 0 Å². The number of anilines is 2. The van der Waals surface area contributed by atoms with Gasteiger partial charge in [-0.1, -0.05) is 34.7 Å². The van der Waals surface area contributed by atoms with Crippen molar-refractivity contribution in [1.82, 2.24) is 10.2 Å². The normalized spacial score (nSPS) is 14.3. The number of hydrogen-bond donors (Lipinski definition) is 1. The van der Waals surface area contributed by atoms with E-state index < -0.39 is 4.92 Å². The molecule has 1 aliphatic heterocycles. The van der Waals surface area contributed by atoms with Crippen LogP contribution in [0.5, 0.6) is 0 Å². The maximum Gasteiger partial charge on any atom is 0.271 e. The number of aromatic nitrogens is 2. The van der Waals surface area contributed by atoms with E-state index in [4.69, 9.17) is 16.3 Å². The smallest absolute Gasteiger partial charge is 0.271 e. The molecule has 1 aromatic heterocycles. The van der Waals surface area contributed by atoms with Gasteiger partial charge in [0.15, 0.2) is 4.34 Å². The molecule has 0 saturated carbocycles. The number of non-ortho nitro benzene ring substituents is 1. The van der Waals surface area contributed by atoms with Gasteiger partial charge in [0.25, 0.3) is 5.69 Å². The van der Waals surface area contributed by atoms with Crippen LogP contribution in [0.3, 0.4) is 0 Å². The Labute approximate surface area is 161 Å². The zero-order valence-electron chi connectivity index (χ0n) is 13.4. The molecule has 26 heavy (non-hydrogen) atoms. The van der Waals surface area contributed by atoms with Gasteiger partial charge >= 0.3 is 0 Å². The third kappa shape index (κ3) is 4.81. The fourth-order valence-electron chi connectivity index (χ4n) is 2.18. The van der Waals surface area contributed by atoms with E-state index in [1.165, 1.54) is 41.3 Å². The molecular weight excluding hydrogens is 402 g/mol. The molecule has 2 heterocycles. The number of nitro benzene ring substituents is 1. The average Bonchev–Trinajstić information content (AvgIpc) is 3.11. The molecule has 0 radical (unpaired) electrons. The number of halogens is 1. The zero-order valence-corrected chi connectivity index (χ0v) is 15.8.